The lowest BCUT2D eigenvalue weighted by Gasteiger charge is -2.15. The molecule has 0 saturated heterocycles. The minimum atomic E-state index is -0.374. The second kappa shape index (κ2) is 7.40. The van der Waals surface area contributed by atoms with Crippen LogP contribution in [-0.4, -0.2) is 17.6 Å². The molecule has 0 spiro atoms. The number of aryl methyl sites for hydroxylation is 1. The van der Waals surface area contributed by atoms with Gasteiger partial charge < -0.3 is 10.1 Å². The molecule has 0 fully saturated rings. The van der Waals surface area contributed by atoms with E-state index in [0.717, 1.165) is 10.9 Å². The Kier molecular flexibility index (Phi) is 5.20. The zero-order valence-electron chi connectivity index (χ0n) is 14.2. The number of ether oxygens (including phenoxy) is 1. The number of para-hydroxylation sites is 1. The molecule has 0 aliphatic heterocycles. The van der Waals surface area contributed by atoms with Crippen molar-refractivity contribution in [1.82, 2.24) is 4.57 Å². The molecule has 5 nitrogen and oxygen atoms in total. The van der Waals surface area contributed by atoms with Gasteiger partial charge in [-0.1, -0.05) is 35.3 Å². The molecule has 1 aromatic heterocycles. The van der Waals surface area contributed by atoms with E-state index >= 15 is 0 Å². The molecule has 1 heterocycles. The molecule has 0 aliphatic carbocycles. The Morgan fingerprint density at radius 1 is 1.15 bits per heavy atom. The Hall–Kier alpha value is -2.50. The fourth-order valence-corrected chi connectivity index (χ4v) is 3.39. The Morgan fingerprint density at radius 2 is 1.85 bits per heavy atom. The van der Waals surface area contributed by atoms with Crippen molar-refractivity contribution >= 4 is 45.7 Å². The highest BCUT2D eigenvalue weighted by Crippen LogP contribution is 2.27. The number of pyridine rings is 1. The van der Waals surface area contributed by atoms with Crippen LogP contribution in [-0.2, 0) is 11.3 Å². The molecule has 0 saturated carbocycles. The molecule has 7 heteroatoms. The molecule has 0 radical (unpaired) electrons. The lowest BCUT2D eigenvalue weighted by molar-refractivity contribution is -0.116. The summed E-state index contributed by atoms with van der Waals surface area (Å²) in [7, 11) is 1.53. The van der Waals surface area contributed by atoms with Crippen LogP contribution in [0.1, 0.15) is 5.56 Å². The molecule has 2 aromatic carbocycles. The molecule has 1 N–H and O–H groups in total. The number of carbonyl (C=O) groups excluding carboxylic acids is 1. The number of carbonyl (C=O) groups is 1. The number of hydrogen-bond acceptors (Lipinski definition) is 3. The Balaban J connectivity index is 2.00. The summed E-state index contributed by atoms with van der Waals surface area (Å²) in [6.45, 7) is 1.68. The average Bonchev–Trinajstić information content (AvgIpc) is 2.57. The van der Waals surface area contributed by atoms with E-state index in [2.05, 4.69) is 5.32 Å². The molecule has 134 valence electrons. The molecule has 3 rings (SSSR count). The van der Waals surface area contributed by atoms with Gasteiger partial charge in [0, 0.05) is 27.2 Å². The summed E-state index contributed by atoms with van der Waals surface area (Å²) in [6, 6.07) is 11.7. The van der Waals surface area contributed by atoms with Gasteiger partial charge in [0.2, 0.25) is 5.91 Å². The first-order valence-electron chi connectivity index (χ1n) is 7.82. The SMILES string of the molecule is COc1cccc2c(C)cc(=O)n(CC(=O)Nc3cc(Cl)cc(Cl)c3)c12. The van der Waals surface area contributed by atoms with Crippen LogP contribution >= 0.6 is 23.2 Å². The number of amides is 1. The van der Waals surface area contributed by atoms with Crippen molar-refractivity contribution in [2.45, 2.75) is 13.5 Å². The highest BCUT2D eigenvalue weighted by atomic mass is 35.5. The van der Waals surface area contributed by atoms with Crippen LogP contribution in [0.3, 0.4) is 0 Å². The van der Waals surface area contributed by atoms with Gasteiger partial charge in [-0.05, 0) is 36.8 Å². The van der Waals surface area contributed by atoms with E-state index in [1.54, 1.807) is 24.3 Å². The number of nitrogens with zero attached hydrogens (tertiary/aromatic N) is 1. The molecular weight excluding hydrogens is 375 g/mol. The van der Waals surface area contributed by atoms with E-state index in [1.165, 1.54) is 17.7 Å². The van der Waals surface area contributed by atoms with Gasteiger partial charge in [0.1, 0.15) is 12.3 Å². The van der Waals surface area contributed by atoms with Crippen molar-refractivity contribution in [2.75, 3.05) is 12.4 Å². The number of benzene rings is 2. The maximum atomic E-state index is 12.5. The summed E-state index contributed by atoms with van der Waals surface area (Å²) in [5, 5.41) is 4.38. The van der Waals surface area contributed by atoms with Gasteiger partial charge in [-0.2, -0.15) is 0 Å². The fourth-order valence-electron chi connectivity index (χ4n) is 2.86. The number of methoxy groups -OCH3 is 1. The maximum Gasteiger partial charge on any atom is 0.251 e. The van der Waals surface area contributed by atoms with Crippen molar-refractivity contribution in [3.05, 3.63) is 68.4 Å². The van der Waals surface area contributed by atoms with E-state index in [4.69, 9.17) is 27.9 Å². The first-order chi connectivity index (χ1) is 12.4. The zero-order valence-corrected chi connectivity index (χ0v) is 15.7. The number of halogens is 2. The van der Waals surface area contributed by atoms with Gasteiger partial charge in [0.15, 0.2) is 0 Å². The fraction of sp³-hybridized carbons (Fsp3) is 0.158. The van der Waals surface area contributed by atoms with Crippen molar-refractivity contribution in [3.63, 3.8) is 0 Å². The number of nitrogens with one attached hydrogen (secondary N) is 1. The summed E-state index contributed by atoms with van der Waals surface area (Å²) in [5.41, 5.74) is 1.59. The normalized spacial score (nSPS) is 10.8. The molecule has 3 aromatic rings. The first kappa shape index (κ1) is 18.3. The van der Waals surface area contributed by atoms with E-state index in [1.807, 2.05) is 19.1 Å². The van der Waals surface area contributed by atoms with E-state index in [0.29, 0.717) is 27.0 Å². The topological polar surface area (TPSA) is 60.3 Å². The van der Waals surface area contributed by atoms with Gasteiger partial charge in [-0.25, -0.2) is 0 Å². The van der Waals surface area contributed by atoms with Crippen LogP contribution in [0, 0.1) is 6.92 Å². The maximum absolute atomic E-state index is 12.5. The summed E-state index contributed by atoms with van der Waals surface area (Å²) < 4.78 is 6.77. The minimum Gasteiger partial charge on any atom is -0.495 e. The molecular formula is C19H16Cl2N2O3. The van der Waals surface area contributed by atoms with Crippen molar-refractivity contribution in [2.24, 2.45) is 0 Å². The third kappa shape index (κ3) is 3.69. The highest BCUT2D eigenvalue weighted by Gasteiger charge is 2.14. The van der Waals surface area contributed by atoms with Crippen LogP contribution in [0.4, 0.5) is 5.69 Å². The second-order valence-electron chi connectivity index (χ2n) is 5.81. The number of hydrogen-bond donors (Lipinski definition) is 1. The highest BCUT2D eigenvalue weighted by molar-refractivity contribution is 6.35. The molecule has 0 bridgehead atoms. The Morgan fingerprint density at radius 3 is 2.50 bits per heavy atom. The van der Waals surface area contributed by atoms with Crippen molar-refractivity contribution in [3.8, 4) is 5.75 Å². The quantitative estimate of drug-likeness (QED) is 0.723. The van der Waals surface area contributed by atoms with Crippen LogP contribution in [0.5, 0.6) is 5.75 Å². The third-order valence-electron chi connectivity index (χ3n) is 3.97. The average molecular weight is 391 g/mol. The molecule has 0 aliphatic rings. The second-order valence-corrected chi connectivity index (χ2v) is 6.69. The van der Waals surface area contributed by atoms with Gasteiger partial charge in [0.25, 0.3) is 5.56 Å². The van der Waals surface area contributed by atoms with Crippen molar-refractivity contribution in [1.29, 1.82) is 0 Å². The summed E-state index contributed by atoms with van der Waals surface area (Å²) in [6.07, 6.45) is 0. The predicted molar refractivity (Wildman–Crippen MR) is 105 cm³/mol. The van der Waals surface area contributed by atoms with Gasteiger partial charge >= 0.3 is 0 Å². The van der Waals surface area contributed by atoms with Gasteiger partial charge in [-0.15, -0.1) is 0 Å². The van der Waals surface area contributed by atoms with E-state index < -0.39 is 0 Å². The minimum absolute atomic E-state index is 0.167. The summed E-state index contributed by atoms with van der Waals surface area (Å²) in [5.74, 6) is 0.156. The Bertz CT molecular complexity index is 1040. The van der Waals surface area contributed by atoms with Crippen molar-refractivity contribution < 1.29 is 9.53 Å². The smallest absolute Gasteiger partial charge is 0.251 e. The lowest BCUT2D eigenvalue weighted by atomic mass is 10.1. The van der Waals surface area contributed by atoms with Gasteiger partial charge in [0.05, 0.1) is 12.6 Å². The van der Waals surface area contributed by atoms with E-state index in [-0.39, 0.29) is 18.0 Å². The standard InChI is InChI=1S/C19H16Cl2N2O3/c1-11-6-18(25)23(19-15(11)4-3-5-16(19)26-2)10-17(24)22-14-8-12(20)7-13(21)9-14/h3-9H,10H2,1-2H3,(H,22,24). The zero-order chi connectivity index (χ0) is 18.8. The number of fused-ring (bicyclic) bond motifs is 1. The van der Waals surface area contributed by atoms with Crippen LogP contribution in [0.2, 0.25) is 10.0 Å². The molecule has 0 unspecified atom stereocenters. The van der Waals surface area contributed by atoms with E-state index in [9.17, 15) is 9.59 Å². The summed E-state index contributed by atoms with van der Waals surface area (Å²) >= 11 is 11.9. The van der Waals surface area contributed by atoms with Crippen LogP contribution in [0.15, 0.2) is 47.3 Å². The predicted octanol–water partition coefficient (Wildman–Crippen LogP) is 4.26. The third-order valence-corrected chi connectivity index (χ3v) is 4.40. The summed E-state index contributed by atoms with van der Waals surface area (Å²) in [4.78, 5) is 25.0. The monoisotopic (exact) mass is 390 g/mol. The largest absolute Gasteiger partial charge is 0.495 e. The van der Waals surface area contributed by atoms with Crippen LogP contribution in [0.25, 0.3) is 10.9 Å². The Labute approximate surface area is 160 Å². The number of anilines is 1. The number of rotatable bonds is 4. The van der Waals surface area contributed by atoms with Crippen LogP contribution < -0.4 is 15.6 Å². The first-order valence-corrected chi connectivity index (χ1v) is 8.57. The number of aromatic nitrogens is 1. The molecule has 26 heavy (non-hydrogen) atoms. The lowest BCUT2D eigenvalue weighted by Crippen LogP contribution is -2.28. The van der Waals surface area contributed by atoms with Gasteiger partial charge in [-0.3, -0.25) is 14.2 Å². The molecule has 0 atom stereocenters. The molecule has 1 amide bonds.